The molecule has 1 heterocycles. The van der Waals surface area contributed by atoms with Crippen molar-refractivity contribution >= 4 is 18.6 Å². The molecule has 0 unspecified atom stereocenters. The topological polar surface area (TPSA) is 48.5 Å². The first-order chi connectivity index (χ1) is 6.34. The lowest BCUT2D eigenvalue weighted by Crippen LogP contribution is -2.30. The summed E-state index contributed by atoms with van der Waals surface area (Å²) in [7, 11) is 0. The van der Waals surface area contributed by atoms with E-state index in [1.165, 1.54) is 12.4 Å². The van der Waals surface area contributed by atoms with Crippen molar-refractivity contribution in [1.29, 1.82) is 0 Å². The van der Waals surface area contributed by atoms with Crippen LogP contribution in [0.25, 0.3) is 0 Å². The van der Waals surface area contributed by atoms with Gasteiger partial charge in [-0.2, -0.15) is 4.73 Å². The van der Waals surface area contributed by atoms with Gasteiger partial charge in [-0.15, -0.1) is 12.4 Å². The first-order valence-corrected chi connectivity index (χ1v) is 3.79. The van der Waals surface area contributed by atoms with Crippen LogP contribution in [0.15, 0.2) is 42.2 Å². The summed E-state index contributed by atoms with van der Waals surface area (Å²) in [5.41, 5.74) is 0.437. The van der Waals surface area contributed by atoms with Crippen LogP contribution in [0, 0.1) is 5.21 Å². The van der Waals surface area contributed by atoms with Crippen molar-refractivity contribution in [2.45, 2.75) is 0 Å². The van der Waals surface area contributed by atoms with E-state index in [9.17, 15) is 5.21 Å². The Morgan fingerprint density at radius 1 is 1.57 bits per heavy atom. The van der Waals surface area contributed by atoms with Gasteiger partial charge in [-0.05, 0) is 6.07 Å². The minimum absolute atomic E-state index is 0. The number of halogens is 1. The molecule has 0 radical (unpaired) electrons. The zero-order chi connectivity index (χ0) is 9.52. The van der Waals surface area contributed by atoms with Crippen LogP contribution >= 0.6 is 12.4 Å². The molecule has 76 valence electrons. The van der Waals surface area contributed by atoms with Crippen molar-refractivity contribution in [2.75, 3.05) is 6.61 Å². The average molecular weight is 215 g/mol. The van der Waals surface area contributed by atoms with Crippen molar-refractivity contribution in [1.82, 2.24) is 0 Å². The Hall–Kier alpha value is -1.55. The predicted molar refractivity (Wildman–Crippen MR) is 56.4 cm³/mol. The van der Waals surface area contributed by atoms with E-state index in [-0.39, 0.29) is 12.4 Å². The molecule has 0 aliphatic heterocycles. The third-order valence-electron chi connectivity index (χ3n) is 1.31. The number of pyridine rings is 1. The van der Waals surface area contributed by atoms with Crippen LogP contribution in [0.4, 0.5) is 0 Å². The summed E-state index contributed by atoms with van der Waals surface area (Å²) in [5.74, 6) is 0. The maximum absolute atomic E-state index is 11.0. The molecule has 0 saturated heterocycles. The monoisotopic (exact) mass is 214 g/mol. The fourth-order valence-electron chi connectivity index (χ4n) is 0.728. The number of hydrogen-bond donors (Lipinski definition) is 0. The van der Waals surface area contributed by atoms with Gasteiger partial charge in [0.1, 0.15) is 12.8 Å². The Balaban J connectivity index is 0.00000169. The van der Waals surface area contributed by atoms with E-state index in [1.807, 2.05) is 0 Å². The summed E-state index contributed by atoms with van der Waals surface area (Å²) in [4.78, 5) is 4.74. The van der Waals surface area contributed by atoms with Gasteiger partial charge in [0.2, 0.25) is 5.69 Å². The van der Waals surface area contributed by atoms with Gasteiger partial charge in [0.15, 0.2) is 6.20 Å². The van der Waals surface area contributed by atoms with Crippen molar-refractivity contribution < 1.29 is 9.57 Å². The molecule has 14 heavy (non-hydrogen) atoms. The molecule has 1 rings (SSSR count). The van der Waals surface area contributed by atoms with Crippen LogP contribution < -0.4 is 4.73 Å². The zero-order valence-electron chi connectivity index (χ0n) is 7.50. The summed E-state index contributed by atoms with van der Waals surface area (Å²) in [6.45, 7) is 3.79. The van der Waals surface area contributed by atoms with Gasteiger partial charge in [-0.3, -0.25) is 0 Å². The molecule has 0 amide bonds. The Bertz CT molecular complexity index is 315. The molecule has 0 saturated carbocycles. The van der Waals surface area contributed by atoms with Crippen LogP contribution in [0.3, 0.4) is 0 Å². The zero-order valence-corrected chi connectivity index (χ0v) is 8.31. The van der Waals surface area contributed by atoms with Crippen LogP contribution in [-0.2, 0) is 4.84 Å². The maximum Gasteiger partial charge on any atom is 0.238 e. The first kappa shape index (κ1) is 12.4. The van der Waals surface area contributed by atoms with Crippen molar-refractivity contribution in [3.8, 4) is 0 Å². The lowest BCUT2D eigenvalue weighted by Gasteiger charge is -1.97. The second-order valence-electron chi connectivity index (χ2n) is 2.27. The van der Waals surface area contributed by atoms with Gasteiger partial charge in [-0.1, -0.05) is 17.8 Å². The first-order valence-electron chi connectivity index (χ1n) is 3.79. The van der Waals surface area contributed by atoms with Gasteiger partial charge in [-0.25, -0.2) is 0 Å². The minimum atomic E-state index is 0. The molecular weight excluding hydrogens is 204 g/mol. The fraction of sp³-hybridized carbons (Fsp3) is 0.111. The maximum atomic E-state index is 11.0. The molecule has 0 aliphatic rings. The van der Waals surface area contributed by atoms with Gasteiger partial charge >= 0.3 is 0 Å². The highest BCUT2D eigenvalue weighted by atomic mass is 35.5. The van der Waals surface area contributed by atoms with E-state index in [4.69, 9.17) is 4.84 Å². The Kier molecular flexibility index (Phi) is 6.15. The molecule has 0 spiro atoms. The second kappa shape index (κ2) is 6.91. The Labute approximate surface area is 88.5 Å². The molecule has 0 N–H and O–H groups in total. The number of hydrogen-bond acceptors (Lipinski definition) is 3. The molecule has 5 heteroatoms. The smallest absolute Gasteiger partial charge is 0.238 e. The van der Waals surface area contributed by atoms with Crippen molar-refractivity contribution in [3.63, 3.8) is 0 Å². The van der Waals surface area contributed by atoms with E-state index < -0.39 is 0 Å². The Morgan fingerprint density at radius 3 is 3.00 bits per heavy atom. The standard InChI is InChI=1S/C9H10N2O2.ClH/c1-2-7-13-10-8-9-5-3-4-6-11(9)12;/h2-6,8H,1,7H2;1H/b10-8+;. The molecule has 0 aliphatic carbocycles. The van der Waals surface area contributed by atoms with Gasteiger partial charge in [0.25, 0.3) is 0 Å². The Morgan fingerprint density at radius 2 is 2.36 bits per heavy atom. The summed E-state index contributed by atoms with van der Waals surface area (Å²) < 4.78 is 0.709. The molecule has 1 aromatic heterocycles. The highest BCUT2D eigenvalue weighted by Gasteiger charge is 1.97. The number of nitrogens with zero attached hydrogens (tertiary/aromatic N) is 2. The summed E-state index contributed by atoms with van der Waals surface area (Å²) >= 11 is 0. The van der Waals surface area contributed by atoms with Crippen LogP contribution in [0.1, 0.15) is 5.69 Å². The van der Waals surface area contributed by atoms with Gasteiger partial charge in [0, 0.05) is 12.1 Å². The molecule has 0 aromatic carbocycles. The van der Waals surface area contributed by atoms with Gasteiger partial charge < -0.3 is 10.0 Å². The van der Waals surface area contributed by atoms with Crippen molar-refractivity contribution in [2.24, 2.45) is 5.16 Å². The molecule has 0 atom stereocenters. The molecule has 1 aromatic rings. The number of rotatable bonds is 4. The third-order valence-corrected chi connectivity index (χ3v) is 1.31. The predicted octanol–water partition coefficient (Wildman–Crippen LogP) is 1.28. The lowest BCUT2D eigenvalue weighted by atomic mass is 10.4. The lowest BCUT2D eigenvalue weighted by molar-refractivity contribution is -0.606. The van der Waals surface area contributed by atoms with E-state index in [2.05, 4.69) is 11.7 Å². The fourth-order valence-corrected chi connectivity index (χ4v) is 0.728. The van der Waals surface area contributed by atoms with E-state index in [1.54, 1.807) is 24.3 Å². The van der Waals surface area contributed by atoms with E-state index >= 15 is 0 Å². The SMILES string of the molecule is C=CCO/N=C/c1cccc[n+]1[O-].Cl. The molecule has 0 fully saturated rings. The normalized spacial score (nSPS) is 9.43. The number of oxime groups is 1. The second-order valence-corrected chi connectivity index (χ2v) is 2.27. The van der Waals surface area contributed by atoms with Crippen LogP contribution in [0.5, 0.6) is 0 Å². The molecule has 4 nitrogen and oxygen atoms in total. The average Bonchev–Trinajstić information content (AvgIpc) is 2.15. The highest BCUT2D eigenvalue weighted by molar-refractivity contribution is 5.85. The summed E-state index contributed by atoms with van der Waals surface area (Å²) in [5, 5.41) is 14.6. The summed E-state index contributed by atoms with van der Waals surface area (Å²) in [6, 6.07) is 5.05. The van der Waals surface area contributed by atoms with E-state index in [0.29, 0.717) is 17.0 Å². The number of aromatic nitrogens is 1. The molecular formula is C9H11ClN2O2. The highest BCUT2D eigenvalue weighted by Crippen LogP contribution is 1.86. The van der Waals surface area contributed by atoms with Crippen LogP contribution in [0.2, 0.25) is 0 Å². The summed E-state index contributed by atoms with van der Waals surface area (Å²) in [6.07, 6.45) is 4.33. The molecule has 0 bridgehead atoms. The quantitative estimate of drug-likeness (QED) is 0.189. The third kappa shape index (κ3) is 3.91. The minimum Gasteiger partial charge on any atom is -0.618 e. The van der Waals surface area contributed by atoms with Crippen molar-refractivity contribution in [3.05, 3.63) is 48.0 Å². The van der Waals surface area contributed by atoms with Gasteiger partial charge in [0.05, 0.1) is 0 Å². The van der Waals surface area contributed by atoms with E-state index in [0.717, 1.165) is 0 Å². The largest absolute Gasteiger partial charge is 0.618 e. The van der Waals surface area contributed by atoms with Crippen LogP contribution in [-0.4, -0.2) is 12.8 Å².